The Balaban J connectivity index is 1.61. The number of carbonyl (C=O) groups excluding carboxylic acids is 2. The number of rotatable bonds is 4. The molecule has 3 rings (SSSR count). The number of carboxylic acids is 1. The number of carboxylic acid groups (broad SMARTS) is 1. The SMILES string of the molecule is O=C([O-])c1ccc(NC(=S)NC(=O)c2ccc(-c3ccccc3)cc2)cc1. The molecule has 5 nitrogen and oxygen atoms in total. The first kappa shape index (κ1) is 18.3. The minimum Gasteiger partial charge on any atom is -0.545 e. The van der Waals surface area contributed by atoms with Crippen LogP contribution >= 0.6 is 12.2 Å². The number of hydrogen-bond acceptors (Lipinski definition) is 4. The van der Waals surface area contributed by atoms with E-state index in [-0.39, 0.29) is 16.6 Å². The first-order valence-corrected chi connectivity index (χ1v) is 8.53. The van der Waals surface area contributed by atoms with E-state index in [1.807, 2.05) is 42.5 Å². The highest BCUT2D eigenvalue weighted by Gasteiger charge is 2.08. The Hall–Kier alpha value is -3.51. The Morgan fingerprint density at radius 1 is 0.741 bits per heavy atom. The van der Waals surface area contributed by atoms with Gasteiger partial charge in [-0.15, -0.1) is 0 Å². The summed E-state index contributed by atoms with van der Waals surface area (Å²) < 4.78 is 0. The zero-order chi connectivity index (χ0) is 19.2. The molecule has 0 aliphatic carbocycles. The van der Waals surface area contributed by atoms with Crippen molar-refractivity contribution in [2.24, 2.45) is 0 Å². The fourth-order valence-electron chi connectivity index (χ4n) is 2.47. The highest BCUT2D eigenvalue weighted by Crippen LogP contribution is 2.19. The summed E-state index contributed by atoms with van der Waals surface area (Å²) in [6, 6.07) is 22.9. The molecule has 0 bridgehead atoms. The molecule has 3 aromatic carbocycles. The van der Waals surface area contributed by atoms with E-state index >= 15 is 0 Å². The van der Waals surface area contributed by atoms with Crippen LogP contribution in [0.5, 0.6) is 0 Å². The smallest absolute Gasteiger partial charge is 0.257 e. The van der Waals surface area contributed by atoms with E-state index in [0.29, 0.717) is 11.3 Å². The Bertz CT molecular complexity index is 969. The van der Waals surface area contributed by atoms with Crippen molar-refractivity contribution in [1.29, 1.82) is 0 Å². The van der Waals surface area contributed by atoms with Gasteiger partial charge in [-0.1, -0.05) is 54.6 Å². The van der Waals surface area contributed by atoms with Crippen LogP contribution < -0.4 is 15.7 Å². The number of amides is 1. The van der Waals surface area contributed by atoms with Crippen LogP contribution in [-0.2, 0) is 0 Å². The molecule has 0 saturated carbocycles. The molecule has 0 spiro atoms. The minimum atomic E-state index is -1.25. The Kier molecular flexibility index (Phi) is 5.58. The van der Waals surface area contributed by atoms with E-state index in [1.165, 1.54) is 24.3 Å². The third-order valence-corrected chi connectivity index (χ3v) is 4.06. The van der Waals surface area contributed by atoms with Gasteiger partial charge < -0.3 is 15.2 Å². The van der Waals surface area contributed by atoms with Gasteiger partial charge in [0, 0.05) is 11.3 Å². The first-order chi connectivity index (χ1) is 13.0. The van der Waals surface area contributed by atoms with Crippen LogP contribution in [0, 0.1) is 0 Å². The standard InChI is InChI=1S/C21H16N2O3S/c24-19(16-8-6-15(7-9-16)14-4-2-1-3-5-14)23-21(27)22-18-12-10-17(11-13-18)20(25)26/h1-13H,(H,25,26)(H2,22,23,24,27)/p-1. The maximum absolute atomic E-state index is 12.3. The van der Waals surface area contributed by atoms with E-state index in [2.05, 4.69) is 10.6 Å². The second-order valence-electron chi connectivity index (χ2n) is 5.72. The first-order valence-electron chi connectivity index (χ1n) is 8.12. The summed E-state index contributed by atoms with van der Waals surface area (Å²) in [6.07, 6.45) is 0. The molecule has 0 fully saturated rings. The van der Waals surface area contributed by atoms with Crippen LogP contribution in [0.4, 0.5) is 5.69 Å². The van der Waals surface area contributed by atoms with Gasteiger partial charge in [-0.05, 0) is 53.2 Å². The van der Waals surface area contributed by atoms with Crippen molar-refractivity contribution in [3.05, 3.63) is 90.0 Å². The average Bonchev–Trinajstić information content (AvgIpc) is 2.69. The quantitative estimate of drug-likeness (QED) is 0.686. The summed E-state index contributed by atoms with van der Waals surface area (Å²) in [5.74, 6) is -1.59. The predicted octanol–water partition coefficient (Wildman–Crippen LogP) is 2.84. The Morgan fingerprint density at radius 3 is 1.89 bits per heavy atom. The van der Waals surface area contributed by atoms with Gasteiger partial charge in [-0.25, -0.2) is 0 Å². The molecular weight excluding hydrogens is 360 g/mol. The largest absolute Gasteiger partial charge is 0.545 e. The lowest BCUT2D eigenvalue weighted by Gasteiger charge is -2.11. The fraction of sp³-hybridized carbons (Fsp3) is 0. The van der Waals surface area contributed by atoms with E-state index < -0.39 is 5.97 Å². The molecule has 0 saturated heterocycles. The zero-order valence-electron chi connectivity index (χ0n) is 14.1. The second kappa shape index (κ2) is 8.25. The lowest BCUT2D eigenvalue weighted by atomic mass is 10.0. The molecule has 2 N–H and O–H groups in total. The maximum atomic E-state index is 12.3. The summed E-state index contributed by atoms with van der Waals surface area (Å²) in [5.41, 5.74) is 3.19. The molecule has 0 aromatic heterocycles. The lowest BCUT2D eigenvalue weighted by molar-refractivity contribution is -0.255. The number of anilines is 1. The number of thiocarbonyl (C=S) groups is 1. The monoisotopic (exact) mass is 375 g/mol. The number of benzene rings is 3. The van der Waals surface area contributed by atoms with Crippen LogP contribution in [0.15, 0.2) is 78.9 Å². The van der Waals surface area contributed by atoms with Crippen molar-refractivity contribution in [3.8, 4) is 11.1 Å². The third-order valence-electron chi connectivity index (χ3n) is 3.86. The molecule has 1 amide bonds. The molecule has 0 heterocycles. The summed E-state index contributed by atoms with van der Waals surface area (Å²) in [6.45, 7) is 0. The highest BCUT2D eigenvalue weighted by atomic mass is 32.1. The molecule has 0 aliphatic rings. The van der Waals surface area contributed by atoms with Gasteiger partial charge >= 0.3 is 0 Å². The number of aromatic carboxylic acids is 1. The van der Waals surface area contributed by atoms with E-state index in [1.54, 1.807) is 12.1 Å². The molecular formula is C21H15N2O3S-. The molecule has 0 unspecified atom stereocenters. The van der Waals surface area contributed by atoms with Crippen molar-refractivity contribution < 1.29 is 14.7 Å². The van der Waals surface area contributed by atoms with Gasteiger partial charge in [0.25, 0.3) is 5.91 Å². The van der Waals surface area contributed by atoms with Gasteiger partial charge in [-0.3, -0.25) is 10.1 Å². The van der Waals surface area contributed by atoms with Crippen LogP contribution in [0.2, 0.25) is 0 Å². The molecule has 0 radical (unpaired) electrons. The molecule has 6 heteroatoms. The maximum Gasteiger partial charge on any atom is 0.257 e. The second-order valence-corrected chi connectivity index (χ2v) is 6.12. The fourth-order valence-corrected chi connectivity index (χ4v) is 2.68. The molecule has 27 heavy (non-hydrogen) atoms. The minimum absolute atomic E-state index is 0.0639. The van der Waals surface area contributed by atoms with Crippen molar-refractivity contribution in [2.75, 3.05) is 5.32 Å². The summed E-state index contributed by atoms with van der Waals surface area (Å²) in [7, 11) is 0. The van der Waals surface area contributed by atoms with Gasteiger partial charge in [0.2, 0.25) is 0 Å². The summed E-state index contributed by atoms with van der Waals surface area (Å²) in [4.78, 5) is 23.0. The van der Waals surface area contributed by atoms with Gasteiger partial charge in [0.1, 0.15) is 0 Å². The van der Waals surface area contributed by atoms with Crippen LogP contribution in [-0.4, -0.2) is 17.0 Å². The zero-order valence-corrected chi connectivity index (χ0v) is 15.0. The summed E-state index contributed by atoms with van der Waals surface area (Å²) >= 11 is 5.13. The van der Waals surface area contributed by atoms with Gasteiger partial charge in [0.05, 0.1) is 5.97 Å². The Morgan fingerprint density at radius 2 is 1.30 bits per heavy atom. The van der Waals surface area contributed by atoms with Crippen molar-refractivity contribution in [3.63, 3.8) is 0 Å². The number of nitrogens with one attached hydrogen (secondary N) is 2. The van der Waals surface area contributed by atoms with Crippen molar-refractivity contribution >= 4 is 34.9 Å². The van der Waals surface area contributed by atoms with Crippen molar-refractivity contribution in [1.82, 2.24) is 5.32 Å². The van der Waals surface area contributed by atoms with Gasteiger partial charge in [0.15, 0.2) is 5.11 Å². The average molecular weight is 375 g/mol. The Labute approximate surface area is 161 Å². The van der Waals surface area contributed by atoms with E-state index in [4.69, 9.17) is 12.2 Å². The normalized spacial score (nSPS) is 10.1. The van der Waals surface area contributed by atoms with Crippen LogP contribution in [0.1, 0.15) is 20.7 Å². The van der Waals surface area contributed by atoms with Crippen LogP contribution in [0.25, 0.3) is 11.1 Å². The third kappa shape index (κ3) is 4.77. The van der Waals surface area contributed by atoms with Crippen molar-refractivity contribution in [2.45, 2.75) is 0 Å². The van der Waals surface area contributed by atoms with E-state index in [9.17, 15) is 14.7 Å². The molecule has 134 valence electrons. The number of hydrogen-bond donors (Lipinski definition) is 2. The molecule has 3 aromatic rings. The molecule has 0 atom stereocenters. The lowest BCUT2D eigenvalue weighted by Crippen LogP contribution is -2.34. The van der Waals surface area contributed by atoms with Gasteiger partial charge in [-0.2, -0.15) is 0 Å². The topological polar surface area (TPSA) is 81.3 Å². The highest BCUT2D eigenvalue weighted by molar-refractivity contribution is 7.80. The van der Waals surface area contributed by atoms with Crippen LogP contribution in [0.3, 0.4) is 0 Å². The number of carbonyl (C=O) groups is 2. The van der Waals surface area contributed by atoms with E-state index in [0.717, 1.165) is 11.1 Å². The summed E-state index contributed by atoms with van der Waals surface area (Å²) in [5, 5.41) is 16.3. The predicted molar refractivity (Wildman–Crippen MR) is 106 cm³/mol. The molecule has 0 aliphatic heterocycles.